The molecular formula is C16H26N2. The van der Waals surface area contributed by atoms with E-state index in [9.17, 15) is 0 Å². The van der Waals surface area contributed by atoms with Crippen LogP contribution in [0.1, 0.15) is 44.2 Å². The molecule has 0 saturated heterocycles. The molecule has 2 rings (SSSR count). The first-order valence-corrected chi connectivity index (χ1v) is 7.10. The molecule has 1 aliphatic carbocycles. The second-order valence-corrected chi connectivity index (χ2v) is 6.24. The van der Waals surface area contributed by atoms with E-state index in [1.165, 1.54) is 30.4 Å². The quantitative estimate of drug-likeness (QED) is 0.809. The molecule has 0 bridgehead atoms. The Balaban J connectivity index is 1.80. The molecule has 0 radical (unpaired) electrons. The maximum atomic E-state index is 5.66. The molecule has 1 fully saturated rings. The highest BCUT2D eigenvalue weighted by molar-refractivity contribution is 5.23. The number of nitrogens with two attached hydrogens (primary N) is 1. The SMILES string of the molecule is CC(C)(CNCc1cccc(CN)c1)C1CCC1. The summed E-state index contributed by atoms with van der Waals surface area (Å²) in [6.07, 6.45) is 4.25. The van der Waals surface area contributed by atoms with Gasteiger partial charge in [-0.1, -0.05) is 44.5 Å². The van der Waals surface area contributed by atoms with Gasteiger partial charge in [0.2, 0.25) is 0 Å². The Hall–Kier alpha value is -0.860. The Bertz CT molecular complexity index is 380. The minimum absolute atomic E-state index is 0.434. The second kappa shape index (κ2) is 5.85. The Labute approximate surface area is 111 Å². The van der Waals surface area contributed by atoms with Crippen LogP contribution >= 0.6 is 0 Å². The van der Waals surface area contributed by atoms with Gasteiger partial charge in [-0.3, -0.25) is 0 Å². The van der Waals surface area contributed by atoms with Crippen molar-refractivity contribution in [2.45, 2.75) is 46.2 Å². The maximum Gasteiger partial charge on any atom is 0.0205 e. The highest BCUT2D eigenvalue weighted by Crippen LogP contribution is 2.41. The van der Waals surface area contributed by atoms with E-state index >= 15 is 0 Å². The van der Waals surface area contributed by atoms with Crippen molar-refractivity contribution in [3.8, 4) is 0 Å². The summed E-state index contributed by atoms with van der Waals surface area (Å²) in [6, 6.07) is 8.55. The van der Waals surface area contributed by atoms with Gasteiger partial charge in [0.25, 0.3) is 0 Å². The topological polar surface area (TPSA) is 38.0 Å². The zero-order valence-corrected chi connectivity index (χ0v) is 11.7. The molecule has 0 aromatic heterocycles. The van der Waals surface area contributed by atoms with Crippen molar-refractivity contribution in [3.05, 3.63) is 35.4 Å². The van der Waals surface area contributed by atoms with Crippen molar-refractivity contribution in [2.75, 3.05) is 6.54 Å². The van der Waals surface area contributed by atoms with Gasteiger partial charge in [0.05, 0.1) is 0 Å². The number of hydrogen-bond donors (Lipinski definition) is 2. The summed E-state index contributed by atoms with van der Waals surface area (Å²) >= 11 is 0. The van der Waals surface area contributed by atoms with Gasteiger partial charge in [0.15, 0.2) is 0 Å². The monoisotopic (exact) mass is 246 g/mol. The highest BCUT2D eigenvalue weighted by Gasteiger charge is 2.33. The largest absolute Gasteiger partial charge is 0.326 e. The third-order valence-electron chi connectivity index (χ3n) is 4.35. The molecule has 0 spiro atoms. The molecule has 100 valence electrons. The Morgan fingerprint density at radius 2 is 2.00 bits per heavy atom. The summed E-state index contributed by atoms with van der Waals surface area (Å²) in [5.74, 6) is 0.917. The van der Waals surface area contributed by atoms with Gasteiger partial charge in [0, 0.05) is 19.6 Å². The van der Waals surface area contributed by atoms with E-state index in [1.54, 1.807) is 0 Å². The smallest absolute Gasteiger partial charge is 0.0205 e. The van der Waals surface area contributed by atoms with Gasteiger partial charge >= 0.3 is 0 Å². The van der Waals surface area contributed by atoms with Crippen LogP contribution in [0, 0.1) is 11.3 Å². The van der Waals surface area contributed by atoms with E-state index < -0.39 is 0 Å². The van der Waals surface area contributed by atoms with Gasteiger partial charge < -0.3 is 11.1 Å². The van der Waals surface area contributed by atoms with Crippen LogP contribution in [0.15, 0.2) is 24.3 Å². The Kier molecular flexibility index (Phi) is 4.41. The van der Waals surface area contributed by atoms with E-state index in [2.05, 4.69) is 43.4 Å². The molecular weight excluding hydrogens is 220 g/mol. The zero-order valence-electron chi connectivity index (χ0n) is 11.7. The van der Waals surface area contributed by atoms with Crippen molar-refractivity contribution in [3.63, 3.8) is 0 Å². The van der Waals surface area contributed by atoms with Crippen LogP contribution in [0.4, 0.5) is 0 Å². The lowest BCUT2D eigenvalue weighted by molar-refractivity contribution is 0.118. The first-order chi connectivity index (χ1) is 8.62. The van der Waals surface area contributed by atoms with E-state index in [4.69, 9.17) is 5.73 Å². The summed E-state index contributed by atoms with van der Waals surface area (Å²) in [5, 5.41) is 3.60. The molecule has 2 nitrogen and oxygen atoms in total. The first-order valence-electron chi connectivity index (χ1n) is 7.10. The summed E-state index contributed by atoms with van der Waals surface area (Å²) in [6.45, 7) is 7.45. The third-order valence-corrected chi connectivity index (χ3v) is 4.35. The van der Waals surface area contributed by atoms with Crippen molar-refractivity contribution in [2.24, 2.45) is 17.1 Å². The number of rotatable bonds is 6. The maximum absolute atomic E-state index is 5.66. The van der Waals surface area contributed by atoms with E-state index in [0.29, 0.717) is 12.0 Å². The van der Waals surface area contributed by atoms with Gasteiger partial charge in [-0.05, 0) is 35.3 Å². The molecule has 1 saturated carbocycles. The molecule has 1 aromatic carbocycles. The molecule has 0 unspecified atom stereocenters. The summed E-state index contributed by atoms with van der Waals surface area (Å²) in [7, 11) is 0. The van der Waals surface area contributed by atoms with Crippen LogP contribution in [0.3, 0.4) is 0 Å². The third kappa shape index (κ3) is 3.33. The molecule has 3 N–H and O–H groups in total. The lowest BCUT2D eigenvalue weighted by atomic mass is 9.67. The van der Waals surface area contributed by atoms with Gasteiger partial charge in [-0.25, -0.2) is 0 Å². The molecule has 0 amide bonds. The lowest BCUT2D eigenvalue weighted by Gasteiger charge is -2.40. The average molecular weight is 246 g/mol. The fourth-order valence-corrected chi connectivity index (χ4v) is 2.73. The molecule has 1 aromatic rings. The van der Waals surface area contributed by atoms with Gasteiger partial charge in [-0.2, -0.15) is 0 Å². The Morgan fingerprint density at radius 3 is 2.61 bits per heavy atom. The van der Waals surface area contributed by atoms with Crippen LogP contribution in [-0.4, -0.2) is 6.54 Å². The van der Waals surface area contributed by atoms with Crippen LogP contribution in [0.2, 0.25) is 0 Å². The predicted molar refractivity (Wildman–Crippen MR) is 77.2 cm³/mol. The Morgan fingerprint density at radius 1 is 1.28 bits per heavy atom. The minimum Gasteiger partial charge on any atom is -0.326 e. The van der Waals surface area contributed by atoms with Crippen molar-refractivity contribution >= 4 is 0 Å². The highest BCUT2D eigenvalue weighted by atomic mass is 14.9. The average Bonchev–Trinajstić information content (AvgIpc) is 2.26. The van der Waals surface area contributed by atoms with E-state index in [0.717, 1.165) is 19.0 Å². The molecule has 0 atom stereocenters. The first kappa shape index (κ1) is 13.6. The standard InChI is InChI=1S/C16H26N2/c1-16(2,15-7-4-8-15)12-18-11-14-6-3-5-13(9-14)10-17/h3,5-6,9,15,18H,4,7-8,10-12,17H2,1-2H3. The van der Waals surface area contributed by atoms with Crippen LogP contribution in [0.25, 0.3) is 0 Å². The van der Waals surface area contributed by atoms with Crippen molar-refractivity contribution in [1.82, 2.24) is 5.32 Å². The fraction of sp³-hybridized carbons (Fsp3) is 0.625. The second-order valence-electron chi connectivity index (χ2n) is 6.24. The number of hydrogen-bond acceptors (Lipinski definition) is 2. The predicted octanol–water partition coefficient (Wildman–Crippen LogP) is 3.06. The zero-order chi connectivity index (χ0) is 13.0. The number of benzene rings is 1. The number of nitrogens with one attached hydrogen (secondary N) is 1. The summed E-state index contributed by atoms with van der Waals surface area (Å²) in [5.41, 5.74) is 8.65. The normalized spacial score (nSPS) is 16.6. The van der Waals surface area contributed by atoms with Crippen molar-refractivity contribution < 1.29 is 0 Å². The van der Waals surface area contributed by atoms with Gasteiger partial charge in [0.1, 0.15) is 0 Å². The lowest BCUT2D eigenvalue weighted by Crippen LogP contribution is -2.38. The molecule has 0 heterocycles. The van der Waals surface area contributed by atoms with Crippen LogP contribution < -0.4 is 11.1 Å². The molecule has 18 heavy (non-hydrogen) atoms. The van der Waals surface area contributed by atoms with Crippen LogP contribution in [-0.2, 0) is 13.1 Å². The minimum atomic E-state index is 0.434. The summed E-state index contributed by atoms with van der Waals surface area (Å²) in [4.78, 5) is 0. The molecule has 1 aliphatic rings. The van der Waals surface area contributed by atoms with E-state index in [-0.39, 0.29) is 0 Å². The van der Waals surface area contributed by atoms with Crippen molar-refractivity contribution in [1.29, 1.82) is 0 Å². The van der Waals surface area contributed by atoms with E-state index in [1.807, 2.05) is 0 Å². The van der Waals surface area contributed by atoms with Crippen LogP contribution in [0.5, 0.6) is 0 Å². The molecule has 2 heteroatoms. The summed E-state index contributed by atoms with van der Waals surface area (Å²) < 4.78 is 0. The molecule has 0 aliphatic heterocycles. The van der Waals surface area contributed by atoms with Gasteiger partial charge in [-0.15, -0.1) is 0 Å². The fourth-order valence-electron chi connectivity index (χ4n) is 2.73.